The van der Waals surface area contributed by atoms with Crippen LogP contribution in [0.1, 0.15) is 32.6 Å². The van der Waals surface area contributed by atoms with E-state index in [1.165, 1.54) is 18.2 Å². The summed E-state index contributed by atoms with van der Waals surface area (Å²) in [6.45, 7) is 5.44. The topological polar surface area (TPSA) is 29.1 Å². The fourth-order valence-electron chi connectivity index (χ4n) is 2.56. The maximum atomic E-state index is 13.0. The van der Waals surface area contributed by atoms with Crippen LogP contribution in [0.2, 0.25) is 0 Å². The van der Waals surface area contributed by atoms with Gasteiger partial charge in [-0.25, -0.2) is 0 Å². The number of carbonyl (C=O) groups excluding carboxylic acids is 1. The van der Waals surface area contributed by atoms with E-state index in [0.717, 1.165) is 22.8 Å². The molecule has 1 amide bonds. The van der Waals surface area contributed by atoms with E-state index in [9.17, 15) is 18.0 Å². The Morgan fingerprint density at radius 2 is 1.55 bits per heavy atom. The number of para-hydroxylation sites is 1. The molecule has 0 fully saturated rings. The molecule has 0 heterocycles. The monoisotopic (exact) mass is 307 g/mol. The molecule has 1 N–H and O–H groups in total. The minimum absolute atomic E-state index is 0.237. The van der Waals surface area contributed by atoms with Crippen LogP contribution in [0.5, 0.6) is 0 Å². The molecule has 5 heteroatoms. The molecule has 0 radical (unpaired) electrons. The summed E-state index contributed by atoms with van der Waals surface area (Å²) in [5.74, 6) is -0.535. The highest BCUT2D eigenvalue weighted by atomic mass is 19.4. The fraction of sp³-hybridized carbons (Fsp3) is 0.235. The van der Waals surface area contributed by atoms with E-state index in [1.54, 1.807) is 13.8 Å². The molecular weight excluding hydrogens is 291 g/mol. The molecule has 2 aromatic rings. The second-order valence-electron chi connectivity index (χ2n) is 5.27. The van der Waals surface area contributed by atoms with Gasteiger partial charge in [0, 0.05) is 5.56 Å². The normalized spacial score (nSPS) is 11.4. The Kier molecular flexibility index (Phi) is 4.26. The number of carbonyl (C=O) groups is 1. The predicted octanol–water partition coefficient (Wildman–Crippen LogP) is 4.88. The lowest BCUT2D eigenvalue weighted by molar-refractivity contribution is -0.136. The maximum absolute atomic E-state index is 13.0. The van der Waals surface area contributed by atoms with E-state index >= 15 is 0 Å². The third-order valence-electron chi connectivity index (χ3n) is 3.38. The van der Waals surface area contributed by atoms with Gasteiger partial charge >= 0.3 is 6.18 Å². The van der Waals surface area contributed by atoms with Crippen molar-refractivity contribution in [3.8, 4) is 0 Å². The molecule has 0 spiro atoms. The number of amides is 1. The first-order valence-electron chi connectivity index (χ1n) is 6.75. The van der Waals surface area contributed by atoms with Crippen LogP contribution in [0.15, 0.2) is 36.4 Å². The van der Waals surface area contributed by atoms with Gasteiger partial charge in [-0.3, -0.25) is 4.79 Å². The minimum atomic E-state index is -4.51. The van der Waals surface area contributed by atoms with Crippen LogP contribution in [0, 0.1) is 20.8 Å². The van der Waals surface area contributed by atoms with Crippen LogP contribution < -0.4 is 5.32 Å². The van der Waals surface area contributed by atoms with Crippen LogP contribution in [-0.2, 0) is 6.18 Å². The average Bonchev–Trinajstić information content (AvgIpc) is 2.36. The average molecular weight is 307 g/mol. The summed E-state index contributed by atoms with van der Waals surface area (Å²) < 4.78 is 38.9. The first-order chi connectivity index (χ1) is 10.2. The van der Waals surface area contributed by atoms with Crippen molar-refractivity contribution in [1.29, 1.82) is 0 Å². The van der Waals surface area contributed by atoms with Crippen LogP contribution in [0.25, 0.3) is 0 Å². The van der Waals surface area contributed by atoms with Gasteiger partial charge in [-0.1, -0.05) is 29.8 Å². The lowest BCUT2D eigenvalue weighted by Crippen LogP contribution is -2.18. The van der Waals surface area contributed by atoms with Gasteiger partial charge in [0.1, 0.15) is 0 Å². The second-order valence-corrected chi connectivity index (χ2v) is 5.27. The first kappa shape index (κ1) is 16.1. The summed E-state index contributed by atoms with van der Waals surface area (Å²) in [4.78, 5) is 12.4. The SMILES string of the molecule is Cc1cc(C)c(C(=O)Nc2ccccc2C(F)(F)F)c(C)c1. The number of hydrogen-bond donors (Lipinski definition) is 1. The molecule has 0 saturated carbocycles. The molecule has 0 unspecified atom stereocenters. The van der Waals surface area contributed by atoms with Crippen molar-refractivity contribution >= 4 is 11.6 Å². The van der Waals surface area contributed by atoms with Crippen molar-refractivity contribution < 1.29 is 18.0 Å². The Balaban J connectivity index is 2.39. The zero-order valence-electron chi connectivity index (χ0n) is 12.5. The largest absolute Gasteiger partial charge is 0.418 e. The van der Waals surface area contributed by atoms with Crippen LogP contribution in [0.4, 0.5) is 18.9 Å². The number of anilines is 1. The van der Waals surface area contributed by atoms with Gasteiger partial charge in [0.25, 0.3) is 5.91 Å². The number of alkyl halides is 3. The highest BCUT2D eigenvalue weighted by Crippen LogP contribution is 2.34. The number of hydrogen-bond acceptors (Lipinski definition) is 1. The third kappa shape index (κ3) is 3.30. The van der Waals surface area contributed by atoms with E-state index in [-0.39, 0.29) is 5.69 Å². The van der Waals surface area contributed by atoms with Crippen molar-refractivity contribution in [3.63, 3.8) is 0 Å². The Hall–Kier alpha value is -2.30. The van der Waals surface area contributed by atoms with Crippen LogP contribution in [0.3, 0.4) is 0 Å². The number of benzene rings is 2. The zero-order valence-corrected chi connectivity index (χ0v) is 12.5. The fourth-order valence-corrected chi connectivity index (χ4v) is 2.56. The molecule has 2 aromatic carbocycles. The van der Waals surface area contributed by atoms with E-state index in [4.69, 9.17) is 0 Å². The molecule has 0 aromatic heterocycles. The smallest absolute Gasteiger partial charge is 0.321 e. The summed E-state index contributed by atoms with van der Waals surface area (Å²) in [7, 11) is 0. The molecule has 2 nitrogen and oxygen atoms in total. The number of halogens is 3. The molecular formula is C17H16F3NO. The summed E-state index contributed by atoms with van der Waals surface area (Å²) >= 11 is 0. The Morgan fingerprint density at radius 1 is 1.00 bits per heavy atom. The molecule has 0 aliphatic carbocycles. The molecule has 0 aliphatic rings. The minimum Gasteiger partial charge on any atom is -0.321 e. The molecule has 116 valence electrons. The van der Waals surface area contributed by atoms with Gasteiger partial charge < -0.3 is 5.32 Å². The Labute approximate surface area is 127 Å². The summed E-state index contributed by atoms with van der Waals surface area (Å²) in [6, 6.07) is 8.61. The highest BCUT2D eigenvalue weighted by molar-refractivity contribution is 6.06. The number of rotatable bonds is 2. The zero-order chi connectivity index (χ0) is 16.5. The van der Waals surface area contributed by atoms with Crippen molar-refractivity contribution in [3.05, 3.63) is 64.2 Å². The van der Waals surface area contributed by atoms with E-state index in [2.05, 4.69) is 5.32 Å². The molecule has 0 bridgehead atoms. The van der Waals surface area contributed by atoms with Crippen LogP contribution >= 0.6 is 0 Å². The second kappa shape index (κ2) is 5.83. The van der Waals surface area contributed by atoms with Gasteiger partial charge in [0.2, 0.25) is 0 Å². The molecule has 0 atom stereocenters. The summed E-state index contributed by atoms with van der Waals surface area (Å²) in [5.41, 5.74) is 1.79. The van der Waals surface area contributed by atoms with Gasteiger partial charge in [-0.05, 0) is 44.0 Å². The standard InChI is InChI=1S/C17H16F3NO/c1-10-8-11(2)15(12(3)9-10)16(22)21-14-7-5-4-6-13(14)17(18,19)20/h4-9H,1-3H3,(H,21,22). The quantitative estimate of drug-likeness (QED) is 0.841. The van der Waals surface area contributed by atoms with Gasteiger partial charge in [0.05, 0.1) is 11.3 Å². The lowest BCUT2D eigenvalue weighted by Gasteiger charge is -2.15. The molecule has 2 rings (SSSR count). The molecule has 0 aliphatic heterocycles. The predicted molar refractivity (Wildman–Crippen MR) is 80.1 cm³/mol. The van der Waals surface area contributed by atoms with Crippen molar-refractivity contribution in [1.82, 2.24) is 0 Å². The van der Waals surface area contributed by atoms with Crippen molar-refractivity contribution in [2.45, 2.75) is 26.9 Å². The first-order valence-corrected chi connectivity index (χ1v) is 6.75. The van der Waals surface area contributed by atoms with Crippen molar-refractivity contribution in [2.75, 3.05) is 5.32 Å². The molecule has 22 heavy (non-hydrogen) atoms. The number of nitrogens with one attached hydrogen (secondary N) is 1. The van der Waals surface area contributed by atoms with Gasteiger partial charge in [0.15, 0.2) is 0 Å². The van der Waals surface area contributed by atoms with E-state index in [0.29, 0.717) is 5.56 Å². The summed E-state index contributed by atoms with van der Waals surface area (Å²) in [5, 5.41) is 2.38. The Bertz CT molecular complexity index is 697. The number of aryl methyl sites for hydroxylation is 3. The highest BCUT2D eigenvalue weighted by Gasteiger charge is 2.33. The van der Waals surface area contributed by atoms with Crippen molar-refractivity contribution in [2.24, 2.45) is 0 Å². The Morgan fingerprint density at radius 3 is 2.09 bits per heavy atom. The van der Waals surface area contributed by atoms with Gasteiger partial charge in [-0.2, -0.15) is 13.2 Å². The van der Waals surface area contributed by atoms with E-state index < -0.39 is 17.6 Å². The van der Waals surface area contributed by atoms with E-state index in [1.807, 2.05) is 19.1 Å². The third-order valence-corrected chi connectivity index (χ3v) is 3.38. The van der Waals surface area contributed by atoms with Gasteiger partial charge in [-0.15, -0.1) is 0 Å². The maximum Gasteiger partial charge on any atom is 0.418 e. The molecule has 0 saturated heterocycles. The summed E-state index contributed by atoms with van der Waals surface area (Å²) in [6.07, 6.45) is -4.51. The lowest BCUT2D eigenvalue weighted by atomic mass is 9.99. The van der Waals surface area contributed by atoms with Crippen LogP contribution in [-0.4, -0.2) is 5.91 Å².